The summed E-state index contributed by atoms with van der Waals surface area (Å²) in [7, 11) is 0. The molecule has 0 aliphatic carbocycles. The Morgan fingerprint density at radius 1 is 0.829 bits per heavy atom. The summed E-state index contributed by atoms with van der Waals surface area (Å²) >= 11 is 0. The van der Waals surface area contributed by atoms with E-state index < -0.39 is 5.60 Å². The molecular weight excluding hydrogens is 458 g/mol. The first kappa shape index (κ1) is 23.3. The molecule has 0 radical (unpaired) electrons. The van der Waals surface area contributed by atoms with Crippen LogP contribution in [-0.4, -0.2) is 28.2 Å². The second kappa shape index (κ2) is 9.33. The molecule has 178 valence electrons. The van der Waals surface area contributed by atoms with Crippen LogP contribution in [0.3, 0.4) is 0 Å². The van der Waals surface area contributed by atoms with Crippen molar-refractivity contribution >= 4 is 40.3 Å². The van der Waals surface area contributed by atoms with Crippen LogP contribution in [0.1, 0.15) is 29.8 Å². The highest BCUT2D eigenvalue weighted by atomic mass is 35.5. The molecule has 1 N–H and O–H groups in total. The second-order valence-corrected chi connectivity index (χ2v) is 9.13. The predicted octanol–water partition coefficient (Wildman–Crippen LogP) is 6.26. The van der Waals surface area contributed by atoms with Crippen molar-refractivity contribution in [2.24, 2.45) is 5.92 Å². The molecular formula is C29H28ClN3O2. The van der Waals surface area contributed by atoms with E-state index in [9.17, 15) is 5.11 Å². The molecule has 6 heteroatoms. The fraction of sp³-hybridized carbons (Fsp3) is 0.241. The number of aryl methyl sites for hydroxylation is 1. The van der Waals surface area contributed by atoms with Gasteiger partial charge in [-0.3, -0.25) is 0 Å². The van der Waals surface area contributed by atoms with Crippen LogP contribution in [-0.2, 0) is 5.60 Å². The first-order valence-corrected chi connectivity index (χ1v) is 11.9. The van der Waals surface area contributed by atoms with E-state index in [2.05, 4.69) is 9.88 Å². The van der Waals surface area contributed by atoms with Crippen LogP contribution in [0.25, 0.3) is 22.1 Å². The first-order valence-electron chi connectivity index (χ1n) is 11.9. The van der Waals surface area contributed by atoms with Gasteiger partial charge in [0.15, 0.2) is 11.4 Å². The molecule has 6 rings (SSSR count). The van der Waals surface area contributed by atoms with Gasteiger partial charge in [-0.15, -0.1) is 12.4 Å². The summed E-state index contributed by atoms with van der Waals surface area (Å²) in [6.45, 7) is 3.51. The lowest BCUT2D eigenvalue weighted by molar-refractivity contribution is 0.00501. The van der Waals surface area contributed by atoms with Gasteiger partial charge in [-0.05, 0) is 48.9 Å². The van der Waals surface area contributed by atoms with Gasteiger partial charge in [0, 0.05) is 18.5 Å². The van der Waals surface area contributed by atoms with E-state index in [1.165, 1.54) is 0 Å². The zero-order chi connectivity index (χ0) is 23.1. The molecule has 0 unspecified atom stereocenters. The summed E-state index contributed by atoms with van der Waals surface area (Å²) < 4.78 is 6.21. The topological polar surface area (TPSA) is 62.4 Å². The van der Waals surface area contributed by atoms with Crippen molar-refractivity contribution in [3.8, 4) is 0 Å². The number of hydrogen-bond acceptors (Lipinski definition) is 5. The van der Waals surface area contributed by atoms with E-state index in [1.807, 2.05) is 91.9 Å². The lowest BCUT2D eigenvalue weighted by Crippen LogP contribution is -2.44. The minimum absolute atomic E-state index is 0. The van der Waals surface area contributed by atoms with E-state index >= 15 is 0 Å². The third-order valence-corrected chi connectivity index (χ3v) is 7.13. The van der Waals surface area contributed by atoms with Gasteiger partial charge in [0.05, 0.1) is 0 Å². The Morgan fingerprint density at radius 2 is 1.40 bits per heavy atom. The second-order valence-electron chi connectivity index (χ2n) is 9.13. The monoisotopic (exact) mass is 485 g/mol. The number of nitrogens with zero attached hydrogens (tertiary/aromatic N) is 3. The third kappa shape index (κ3) is 3.95. The molecule has 0 saturated carbocycles. The molecule has 3 aromatic carbocycles. The summed E-state index contributed by atoms with van der Waals surface area (Å²) in [5, 5.41) is 13.2. The van der Waals surface area contributed by atoms with E-state index in [0.717, 1.165) is 70.8 Å². The van der Waals surface area contributed by atoms with Crippen LogP contribution in [0.2, 0.25) is 0 Å². The van der Waals surface area contributed by atoms with Crippen LogP contribution >= 0.6 is 12.4 Å². The quantitative estimate of drug-likeness (QED) is 0.325. The molecule has 5 nitrogen and oxygen atoms in total. The Balaban J connectivity index is 0.00000253. The molecule has 0 atom stereocenters. The maximum absolute atomic E-state index is 12.2. The van der Waals surface area contributed by atoms with E-state index in [1.54, 1.807) is 0 Å². The summed E-state index contributed by atoms with van der Waals surface area (Å²) in [6.07, 6.45) is 1.68. The van der Waals surface area contributed by atoms with Gasteiger partial charge in [-0.1, -0.05) is 72.8 Å². The molecule has 1 fully saturated rings. The van der Waals surface area contributed by atoms with Crippen LogP contribution in [0.5, 0.6) is 0 Å². The molecule has 35 heavy (non-hydrogen) atoms. The van der Waals surface area contributed by atoms with Gasteiger partial charge in [0.25, 0.3) is 0 Å². The van der Waals surface area contributed by atoms with Gasteiger partial charge in [0.2, 0.25) is 0 Å². The van der Waals surface area contributed by atoms with Gasteiger partial charge < -0.3 is 14.4 Å². The number of fused-ring (bicyclic) bond motifs is 3. The highest BCUT2D eigenvalue weighted by Gasteiger charge is 2.42. The maximum Gasteiger partial charge on any atom is 0.196 e. The lowest BCUT2D eigenvalue weighted by Gasteiger charge is -2.42. The fourth-order valence-corrected chi connectivity index (χ4v) is 5.43. The number of benzene rings is 3. The normalized spacial score (nSPS) is 14.9. The highest BCUT2D eigenvalue weighted by molar-refractivity contribution is 6.05. The number of rotatable bonds is 4. The zero-order valence-corrected chi connectivity index (χ0v) is 20.4. The number of para-hydroxylation sites is 1. The number of hydrogen-bond donors (Lipinski definition) is 1. The average molecular weight is 486 g/mol. The minimum atomic E-state index is -1.04. The Kier molecular flexibility index (Phi) is 6.22. The van der Waals surface area contributed by atoms with Crippen LogP contribution in [0.4, 0.5) is 5.82 Å². The molecule has 2 aromatic heterocycles. The minimum Gasteiger partial charge on any atom is -0.450 e. The number of piperidine rings is 1. The Labute approximate surface area is 210 Å². The van der Waals surface area contributed by atoms with Gasteiger partial charge in [0.1, 0.15) is 22.5 Å². The number of furan rings is 1. The van der Waals surface area contributed by atoms with Crippen LogP contribution in [0.15, 0.2) is 89.3 Å². The van der Waals surface area contributed by atoms with E-state index in [4.69, 9.17) is 9.40 Å². The molecule has 0 spiro atoms. The molecule has 3 heterocycles. The SMILES string of the molecule is Cc1nc(N2CCC(C(O)(c3ccccc3)c3ccccc3)CC2)c2oc3ccccc3c2n1.Cl. The van der Waals surface area contributed by atoms with Crippen molar-refractivity contribution in [2.75, 3.05) is 18.0 Å². The standard InChI is InChI=1S/C29H27N3O2.ClH/c1-20-30-26-24-14-8-9-15-25(24)34-27(26)28(31-20)32-18-16-23(17-19-32)29(33,21-10-4-2-5-11-21)22-12-6-3-7-13-22;/h2-15,23,33H,16-19H2,1H3;1H. The Bertz CT molecular complexity index is 1410. The van der Waals surface area contributed by atoms with E-state index in [-0.39, 0.29) is 18.3 Å². The van der Waals surface area contributed by atoms with Crippen molar-refractivity contribution in [1.29, 1.82) is 0 Å². The smallest absolute Gasteiger partial charge is 0.196 e. The first-order chi connectivity index (χ1) is 16.6. The molecule has 1 saturated heterocycles. The Morgan fingerprint density at radius 3 is 2.03 bits per heavy atom. The molecule has 5 aromatic rings. The van der Waals surface area contributed by atoms with Crippen molar-refractivity contribution < 1.29 is 9.52 Å². The third-order valence-electron chi connectivity index (χ3n) is 7.13. The van der Waals surface area contributed by atoms with Crippen molar-refractivity contribution in [3.05, 3.63) is 102 Å². The molecule has 0 amide bonds. The van der Waals surface area contributed by atoms with Crippen LogP contribution < -0.4 is 4.90 Å². The number of halogens is 1. The Hall–Kier alpha value is -3.41. The van der Waals surface area contributed by atoms with Crippen LogP contribution in [0, 0.1) is 12.8 Å². The summed E-state index contributed by atoms with van der Waals surface area (Å²) in [4.78, 5) is 11.7. The zero-order valence-electron chi connectivity index (χ0n) is 19.6. The van der Waals surface area contributed by atoms with Crippen molar-refractivity contribution in [3.63, 3.8) is 0 Å². The average Bonchev–Trinajstić information content (AvgIpc) is 3.27. The van der Waals surface area contributed by atoms with Gasteiger partial charge in [-0.2, -0.15) is 0 Å². The number of anilines is 1. The molecule has 1 aliphatic heterocycles. The van der Waals surface area contributed by atoms with Crippen molar-refractivity contribution in [2.45, 2.75) is 25.4 Å². The van der Waals surface area contributed by atoms with Crippen molar-refractivity contribution in [1.82, 2.24) is 9.97 Å². The van der Waals surface area contributed by atoms with Gasteiger partial charge >= 0.3 is 0 Å². The highest BCUT2D eigenvalue weighted by Crippen LogP contribution is 2.43. The summed E-state index contributed by atoms with van der Waals surface area (Å²) in [5.41, 5.74) is 3.28. The largest absolute Gasteiger partial charge is 0.450 e. The van der Waals surface area contributed by atoms with E-state index in [0.29, 0.717) is 0 Å². The summed E-state index contributed by atoms with van der Waals surface area (Å²) in [6, 6.07) is 28.1. The van der Waals surface area contributed by atoms with Gasteiger partial charge in [-0.25, -0.2) is 9.97 Å². The maximum atomic E-state index is 12.2. The lowest BCUT2D eigenvalue weighted by atomic mass is 9.72. The number of aliphatic hydroxyl groups is 1. The molecule has 0 bridgehead atoms. The fourth-order valence-electron chi connectivity index (χ4n) is 5.43. The summed E-state index contributed by atoms with van der Waals surface area (Å²) in [5.74, 6) is 1.67. The molecule has 1 aliphatic rings. The number of aromatic nitrogens is 2. The predicted molar refractivity (Wildman–Crippen MR) is 142 cm³/mol.